The molecule has 0 aromatic carbocycles. The lowest BCUT2D eigenvalue weighted by Gasteiger charge is -2.29. The molecule has 1 fully saturated rings. The molecule has 0 unspecified atom stereocenters. The van der Waals surface area contributed by atoms with E-state index in [4.69, 9.17) is 15.9 Å². The number of nitrogens with two attached hydrogens (primary N) is 1. The van der Waals surface area contributed by atoms with E-state index in [1.807, 2.05) is 0 Å². The van der Waals surface area contributed by atoms with Gasteiger partial charge in [0.1, 0.15) is 12.6 Å². The highest BCUT2D eigenvalue weighted by Gasteiger charge is 2.31. The summed E-state index contributed by atoms with van der Waals surface area (Å²) in [6.45, 7) is -0.324. The van der Waals surface area contributed by atoms with Crippen molar-refractivity contribution < 1.29 is 29.4 Å². The second-order valence-electron chi connectivity index (χ2n) is 4.97. The number of carboxylic acids is 2. The standard InChI is InChI=1S/C12H19N3O6/c13-9(16)6-15(7-3-1-2-4-7)12(21)14-8(11(19)20)5-10(17)18/h7-8H,1-6H2,(H2,13,16)(H,14,21)(H,17,18)(H,19,20)/t8-/m0/s1. The summed E-state index contributed by atoms with van der Waals surface area (Å²) in [6, 6.07) is -2.52. The molecule has 1 atom stereocenters. The average Bonchev–Trinajstić information content (AvgIpc) is 2.87. The van der Waals surface area contributed by atoms with Gasteiger partial charge in [-0.25, -0.2) is 9.59 Å². The minimum absolute atomic E-state index is 0.184. The van der Waals surface area contributed by atoms with Crippen LogP contribution in [0.2, 0.25) is 0 Å². The minimum atomic E-state index is -1.55. The Kier molecular flexibility index (Phi) is 5.94. The van der Waals surface area contributed by atoms with Crippen molar-refractivity contribution in [1.29, 1.82) is 0 Å². The van der Waals surface area contributed by atoms with Crippen molar-refractivity contribution in [1.82, 2.24) is 10.2 Å². The number of nitrogens with one attached hydrogen (secondary N) is 1. The van der Waals surface area contributed by atoms with Gasteiger partial charge in [-0.3, -0.25) is 9.59 Å². The van der Waals surface area contributed by atoms with Crippen molar-refractivity contribution in [3.63, 3.8) is 0 Å². The SMILES string of the molecule is NC(=O)CN(C(=O)N[C@@H](CC(=O)O)C(=O)O)C1CCCC1. The third-order valence-electron chi connectivity index (χ3n) is 3.33. The highest BCUT2D eigenvalue weighted by Crippen LogP contribution is 2.23. The maximum absolute atomic E-state index is 12.1. The molecule has 1 aliphatic rings. The van der Waals surface area contributed by atoms with Gasteiger partial charge in [0.25, 0.3) is 0 Å². The molecule has 21 heavy (non-hydrogen) atoms. The molecular formula is C12H19N3O6. The molecule has 0 radical (unpaired) electrons. The fourth-order valence-corrected chi connectivity index (χ4v) is 2.36. The average molecular weight is 301 g/mol. The van der Waals surface area contributed by atoms with Crippen LogP contribution in [0.1, 0.15) is 32.1 Å². The van der Waals surface area contributed by atoms with E-state index in [0.29, 0.717) is 12.8 Å². The number of nitrogens with zero attached hydrogens (tertiary/aromatic N) is 1. The summed E-state index contributed by atoms with van der Waals surface area (Å²) in [6.07, 6.45) is 2.49. The molecule has 0 saturated heterocycles. The number of carbonyl (C=O) groups is 4. The lowest BCUT2D eigenvalue weighted by Crippen LogP contribution is -2.53. The summed E-state index contributed by atoms with van der Waals surface area (Å²) in [5, 5.41) is 19.7. The number of aliphatic carboxylic acids is 2. The van der Waals surface area contributed by atoms with Crippen LogP contribution in [0.25, 0.3) is 0 Å². The number of primary amides is 1. The molecule has 0 bridgehead atoms. The van der Waals surface area contributed by atoms with Gasteiger partial charge >= 0.3 is 18.0 Å². The van der Waals surface area contributed by atoms with E-state index >= 15 is 0 Å². The Hall–Kier alpha value is -2.32. The highest BCUT2D eigenvalue weighted by atomic mass is 16.4. The fraction of sp³-hybridized carbons (Fsp3) is 0.667. The monoisotopic (exact) mass is 301 g/mol. The topological polar surface area (TPSA) is 150 Å². The predicted molar refractivity (Wildman–Crippen MR) is 70.4 cm³/mol. The molecule has 1 aliphatic carbocycles. The molecule has 0 aliphatic heterocycles. The molecule has 1 saturated carbocycles. The van der Waals surface area contributed by atoms with Crippen LogP contribution in [0.3, 0.4) is 0 Å². The van der Waals surface area contributed by atoms with Gasteiger partial charge in [0.15, 0.2) is 0 Å². The maximum atomic E-state index is 12.1. The highest BCUT2D eigenvalue weighted by molar-refractivity contribution is 5.88. The molecule has 0 aromatic heterocycles. The summed E-state index contributed by atoms with van der Waals surface area (Å²) in [4.78, 5) is 45.9. The second-order valence-corrected chi connectivity index (χ2v) is 4.97. The number of hydrogen-bond donors (Lipinski definition) is 4. The Morgan fingerprint density at radius 1 is 1.19 bits per heavy atom. The van der Waals surface area contributed by atoms with Gasteiger partial charge in [0.05, 0.1) is 6.42 Å². The maximum Gasteiger partial charge on any atom is 0.326 e. The van der Waals surface area contributed by atoms with Crippen LogP contribution in [0.4, 0.5) is 4.79 Å². The molecule has 9 heteroatoms. The van der Waals surface area contributed by atoms with E-state index in [1.165, 1.54) is 4.90 Å². The normalized spacial score (nSPS) is 16.2. The van der Waals surface area contributed by atoms with Crippen LogP contribution in [0, 0.1) is 0 Å². The van der Waals surface area contributed by atoms with Gasteiger partial charge in [-0.05, 0) is 12.8 Å². The molecule has 9 nitrogen and oxygen atoms in total. The lowest BCUT2D eigenvalue weighted by molar-refractivity contribution is -0.145. The first kappa shape index (κ1) is 16.7. The molecule has 3 amide bonds. The molecule has 0 spiro atoms. The predicted octanol–water partition coefficient (Wildman–Crippen LogP) is -0.646. The van der Waals surface area contributed by atoms with Gasteiger partial charge in [0.2, 0.25) is 5.91 Å². The van der Waals surface area contributed by atoms with Gasteiger partial charge in [-0.1, -0.05) is 12.8 Å². The van der Waals surface area contributed by atoms with E-state index in [1.54, 1.807) is 0 Å². The molecule has 118 valence electrons. The largest absolute Gasteiger partial charge is 0.481 e. The van der Waals surface area contributed by atoms with E-state index in [2.05, 4.69) is 5.32 Å². The second kappa shape index (κ2) is 7.46. The first-order chi connectivity index (χ1) is 9.81. The first-order valence-electron chi connectivity index (χ1n) is 6.61. The van der Waals surface area contributed by atoms with E-state index in [9.17, 15) is 19.2 Å². The summed E-state index contributed by atoms with van der Waals surface area (Å²) >= 11 is 0. The van der Waals surface area contributed by atoms with Crippen molar-refractivity contribution in [3.8, 4) is 0 Å². The summed E-state index contributed by atoms with van der Waals surface area (Å²) in [5.41, 5.74) is 5.10. The van der Waals surface area contributed by atoms with E-state index < -0.39 is 36.3 Å². The zero-order valence-electron chi connectivity index (χ0n) is 11.4. The Morgan fingerprint density at radius 2 is 1.76 bits per heavy atom. The third-order valence-corrected chi connectivity index (χ3v) is 3.33. The van der Waals surface area contributed by atoms with Gasteiger partial charge in [-0.15, -0.1) is 0 Å². The zero-order valence-corrected chi connectivity index (χ0v) is 11.4. The lowest BCUT2D eigenvalue weighted by atomic mass is 10.2. The van der Waals surface area contributed by atoms with Gasteiger partial charge in [0, 0.05) is 6.04 Å². The van der Waals surface area contributed by atoms with Crippen LogP contribution in [-0.4, -0.2) is 57.6 Å². The zero-order chi connectivity index (χ0) is 16.0. The Morgan fingerprint density at radius 3 is 2.19 bits per heavy atom. The van der Waals surface area contributed by atoms with Crippen LogP contribution >= 0.6 is 0 Å². The number of amides is 3. The van der Waals surface area contributed by atoms with Crippen molar-refractivity contribution in [2.24, 2.45) is 5.73 Å². The molecule has 1 rings (SSSR count). The Labute approximate surface area is 121 Å². The number of rotatable bonds is 7. The molecule has 5 N–H and O–H groups in total. The van der Waals surface area contributed by atoms with Crippen molar-refractivity contribution in [2.75, 3.05) is 6.54 Å². The van der Waals surface area contributed by atoms with E-state index in [0.717, 1.165) is 12.8 Å². The Balaban J connectivity index is 2.75. The summed E-state index contributed by atoms with van der Waals surface area (Å²) in [5.74, 6) is -3.50. The van der Waals surface area contributed by atoms with Crippen molar-refractivity contribution >= 4 is 23.9 Å². The Bertz CT molecular complexity index is 433. The van der Waals surface area contributed by atoms with Crippen LogP contribution in [-0.2, 0) is 14.4 Å². The molecule has 0 heterocycles. The van der Waals surface area contributed by atoms with Crippen molar-refractivity contribution in [2.45, 2.75) is 44.2 Å². The summed E-state index contributed by atoms with van der Waals surface area (Å²) < 4.78 is 0. The van der Waals surface area contributed by atoms with Crippen LogP contribution in [0.5, 0.6) is 0 Å². The first-order valence-corrected chi connectivity index (χ1v) is 6.61. The number of carbonyl (C=O) groups excluding carboxylic acids is 2. The minimum Gasteiger partial charge on any atom is -0.481 e. The van der Waals surface area contributed by atoms with Gasteiger partial charge < -0.3 is 26.2 Å². The molecule has 0 aromatic rings. The van der Waals surface area contributed by atoms with Crippen LogP contribution < -0.4 is 11.1 Å². The quantitative estimate of drug-likeness (QED) is 0.491. The fourth-order valence-electron chi connectivity index (χ4n) is 2.36. The van der Waals surface area contributed by atoms with Gasteiger partial charge in [-0.2, -0.15) is 0 Å². The number of urea groups is 1. The third kappa shape index (κ3) is 5.28. The van der Waals surface area contributed by atoms with E-state index in [-0.39, 0.29) is 12.6 Å². The number of hydrogen-bond acceptors (Lipinski definition) is 4. The smallest absolute Gasteiger partial charge is 0.326 e. The van der Waals surface area contributed by atoms with Crippen LogP contribution in [0.15, 0.2) is 0 Å². The summed E-state index contributed by atoms with van der Waals surface area (Å²) in [7, 11) is 0. The number of carboxylic acid groups (broad SMARTS) is 2. The molecular weight excluding hydrogens is 282 g/mol. The van der Waals surface area contributed by atoms with Crippen molar-refractivity contribution in [3.05, 3.63) is 0 Å².